The first kappa shape index (κ1) is 11.8. The SMILES string of the molecule is O=C(O)c1ccc(Br)cc1.[H-].[K+]. The topological polar surface area (TPSA) is 37.3 Å². The van der Waals surface area contributed by atoms with Gasteiger partial charge in [0.25, 0.3) is 0 Å². The maximum atomic E-state index is 10.3. The summed E-state index contributed by atoms with van der Waals surface area (Å²) in [5.74, 6) is -0.896. The van der Waals surface area contributed by atoms with Crippen LogP contribution in [0.5, 0.6) is 0 Å². The minimum absolute atomic E-state index is 0. The van der Waals surface area contributed by atoms with Gasteiger partial charge in [-0.3, -0.25) is 0 Å². The van der Waals surface area contributed by atoms with Crippen LogP contribution in [0.1, 0.15) is 11.8 Å². The van der Waals surface area contributed by atoms with Crippen LogP contribution < -0.4 is 51.4 Å². The van der Waals surface area contributed by atoms with Crippen molar-refractivity contribution in [2.75, 3.05) is 0 Å². The van der Waals surface area contributed by atoms with Gasteiger partial charge in [-0.2, -0.15) is 0 Å². The summed E-state index contributed by atoms with van der Waals surface area (Å²) < 4.78 is 0.887. The van der Waals surface area contributed by atoms with Crippen molar-refractivity contribution in [3.05, 3.63) is 34.3 Å². The Morgan fingerprint density at radius 2 is 1.82 bits per heavy atom. The molecule has 1 aromatic carbocycles. The molecule has 0 amide bonds. The van der Waals surface area contributed by atoms with E-state index in [0.717, 1.165) is 4.47 Å². The Balaban J connectivity index is 0. The fourth-order valence-corrected chi connectivity index (χ4v) is 0.857. The van der Waals surface area contributed by atoms with Gasteiger partial charge in [-0.15, -0.1) is 0 Å². The molecule has 0 spiro atoms. The molecule has 11 heavy (non-hydrogen) atoms. The van der Waals surface area contributed by atoms with Crippen molar-refractivity contribution in [2.24, 2.45) is 0 Å². The van der Waals surface area contributed by atoms with Gasteiger partial charge in [-0.05, 0) is 24.3 Å². The molecule has 0 aliphatic carbocycles. The van der Waals surface area contributed by atoms with E-state index in [1.807, 2.05) is 0 Å². The van der Waals surface area contributed by atoms with Crippen LogP contribution in [-0.2, 0) is 0 Å². The molecule has 0 radical (unpaired) electrons. The van der Waals surface area contributed by atoms with Gasteiger partial charge in [-0.1, -0.05) is 15.9 Å². The molecule has 0 aliphatic rings. The summed E-state index contributed by atoms with van der Waals surface area (Å²) >= 11 is 3.20. The van der Waals surface area contributed by atoms with Crippen LogP contribution in [0.3, 0.4) is 0 Å². The number of carbonyl (C=O) groups is 1. The first-order valence-electron chi connectivity index (χ1n) is 2.69. The second kappa shape index (κ2) is 5.45. The summed E-state index contributed by atoms with van der Waals surface area (Å²) in [6.45, 7) is 0. The second-order valence-corrected chi connectivity index (χ2v) is 2.73. The molecule has 0 aromatic heterocycles. The van der Waals surface area contributed by atoms with Crippen molar-refractivity contribution in [3.8, 4) is 0 Å². The predicted molar refractivity (Wildman–Crippen MR) is 42.2 cm³/mol. The van der Waals surface area contributed by atoms with Crippen molar-refractivity contribution in [3.63, 3.8) is 0 Å². The monoisotopic (exact) mass is 240 g/mol. The quantitative estimate of drug-likeness (QED) is 0.658. The maximum absolute atomic E-state index is 10.3. The minimum atomic E-state index is -0.896. The molecular weight excluding hydrogens is 235 g/mol. The molecular formula is C7H6BrKO2. The number of halogens is 1. The van der Waals surface area contributed by atoms with E-state index >= 15 is 0 Å². The molecule has 0 unspecified atom stereocenters. The zero-order valence-corrected chi connectivity index (χ0v) is 10.8. The van der Waals surface area contributed by atoms with Crippen LogP contribution in [0.15, 0.2) is 28.7 Å². The zero-order valence-electron chi connectivity index (χ0n) is 7.04. The molecule has 0 bridgehead atoms. The van der Waals surface area contributed by atoms with Gasteiger partial charge in [0.05, 0.1) is 5.56 Å². The molecule has 1 N–H and O–H groups in total. The molecule has 0 fully saturated rings. The van der Waals surface area contributed by atoms with Crippen molar-refractivity contribution < 1.29 is 62.7 Å². The van der Waals surface area contributed by atoms with E-state index in [1.54, 1.807) is 24.3 Å². The Bertz CT molecular complexity index is 250. The van der Waals surface area contributed by atoms with E-state index in [0.29, 0.717) is 5.56 Å². The Labute approximate surface area is 117 Å². The summed E-state index contributed by atoms with van der Waals surface area (Å²) in [6.07, 6.45) is 0. The standard InChI is InChI=1S/C7H5BrO2.K.H/c8-6-3-1-5(2-4-6)7(9)10;;/h1-4H,(H,9,10);;/q;+1;-1. The van der Waals surface area contributed by atoms with Crippen LogP contribution in [-0.4, -0.2) is 11.1 Å². The number of hydrogen-bond acceptors (Lipinski definition) is 1. The van der Waals surface area contributed by atoms with Crippen molar-refractivity contribution in [2.45, 2.75) is 0 Å². The zero-order chi connectivity index (χ0) is 7.56. The van der Waals surface area contributed by atoms with Gasteiger partial charge < -0.3 is 6.53 Å². The van der Waals surface area contributed by atoms with Gasteiger partial charge >= 0.3 is 57.4 Å². The van der Waals surface area contributed by atoms with E-state index in [4.69, 9.17) is 5.11 Å². The summed E-state index contributed by atoms with van der Waals surface area (Å²) in [4.78, 5) is 10.3. The molecule has 2 nitrogen and oxygen atoms in total. The van der Waals surface area contributed by atoms with Gasteiger partial charge in [-0.25, -0.2) is 4.79 Å². The van der Waals surface area contributed by atoms with Crippen LogP contribution in [0.25, 0.3) is 0 Å². The average molecular weight is 241 g/mol. The van der Waals surface area contributed by atoms with E-state index in [9.17, 15) is 4.79 Å². The Kier molecular flexibility index (Phi) is 5.85. The van der Waals surface area contributed by atoms with Gasteiger partial charge in [0.2, 0.25) is 0 Å². The fraction of sp³-hybridized carbons (Fsp3) is 0. The van der Waals surface area contributed by atoms with Gasteiger partial charge in [0.15, 0.2) is 0 Å². The van der Waals surface area contributed by atoms with Crippen molar-refractivity contribution >= 4 is 21.9 Å². The average Bonchev–Trinajstić information content (AvgIpc) is 1.88. The van der Waals surface area contributed by atoms with Gasteiger partial charge in [0.1, 0.15) is 0 Å². The van der Waals surface area contributed by atoms with E-state index in [2.05, 4.69) is 15.9 Å². The van der Waals surface area contributed by atoms with Gasteiger partial charge in [0, 0.05) is 4.47 Å². The Morgan fingerprint density at radius 3 is 2.18 bits per heavy atom. The predicted octanol–water partition coefficient (Wildman–Crippen LogP) is -0.736. The number of rotatable bonds is 1. The number of aromatic carboxylic acids is 1. The van der Waals surface area contributed by atoms with Crippen LogP contribution in [0, 0.1) is 0 Å². The molecule has 1 aromatic rings. The minimum Gasteiger partial charge on any atom is -1.00 e. The van der Waals surface area contributed by atoms with Crippen LogP contribution >= 0.6 is 15.9 Å². The van der Waals surface area contributed by atoms with Crippen molar-refractivity contribution in [1.82, 2.24) is 0 Å². The molecule has 54 valence electrons. The van der Waals surface area contributed by atoms with E-state index in [1.165, 1.54) is 0 Å². The second-order valence-electron chi connectivity index (χ2n) is 1.81. The molecule has 0 saturated carbocycles. The molecule has 0 atom stereocenters. The third-order valence-electron chi connectivity index (χ3n) is 1.09. The number of hydrogen-bond donors (Lipinski definition) is 1. The Morgan fingerprint density at radius 1 is 1.36 bits per heavy atom. The number of carboxylic acids is 1. The van der Waals surface area contributed by atoms with Crippen molar-refractivity contribution in [1.29, 1.82) is 0 Å². The van der Waals surface area contributed by atoms with Crippen LogP contribution in [0.2, 0.25) is 0 Å². The largest absolute Gasteiger partial charge is 1.00 e. The Hall–Kier alpha value is 0.806. The van der Waals surface area contributed by atoms with E-state index in [-0.39, 0.29) is 52.8 Å². The molecule has 1 rings (SSSR count). The third kappa shape index (κ3) is 3.82. The summed E-state index contributed by atoms with van der Waals surface area (Å²) in [6, 6.07) is 6.49. The normalized spacial score (nSPS) is 8.45. The summed E-state index contributed by atoms with van der Waals surface area (Å²) in [7, 11) is 0. The summed E-state index contributed by atoms with van der Waals surface area (Å²) in [5, 5.41) is 8.46. The van der Waals surface area contributed by atoms with Crippen LogP contribution in [0.4, 0.5) is 0 Å². The maximum Gasteiger partial charge on any atom is 1.00 e. The van der Waals surface area contributed by atoms with E-state index < -0.39 is 5.97 Å². The number of benzene rings is 1. The molecule has 0 aliphatic heterocycles. The molecule has 0 heterocycles. The molecule has 4 heteroatoms. The first-order chi connectivity index (χ1) is 4.70. The fourth-order valence-electron chi connectivity index (χ4n) is 0.592. The number of carboxylic acid groups (broad SMARTS) is 1. The third-order valence-corrected chi connectivity index (χ3v) is 1.62. The summed E-state index contributed by atoms with van der Waals surface area (Å²) in [5.41, 5.74) is 0.309. The first-order valence-corrected chi connectivity index (χ1v) is 3.48. The smallest absolute Gasteiger partial charge is 1.00 e. The molecule has 0 saturated heterocycles.